The van der Waals surface area contributed by atoms with Gasteiger partial charge in [0.05, 0.1) is 18.2 Å². The second kappa shape index (κ2) is 15.1. The summed E-state index contributed by atoms with van der Waals surface area (Å²) in [6.07, 6.45) is 4.64. The van der Waals surface area contributed by atoms with E-state index in [1.54, 1.807) is 63.2 Å². The SMILES string of the molecule is CC(C)(C)OC(=O)CC[C@@H](CO)NC(=O)c1cccc(CNC(=O)C2=C[C@H]3OC(C4CC4)(C4CC4)O[C@H]3[C@H](OC(=O)c3cccc(I)c3)C2)c1. The van der Waals surface area contributed by atoms with Gasteiger partial charge in [0, 0.05) is 45.9 Å². The number of hydrogen-bond acceptors (Lipinski definition) is 9. The van der Waals surface area contributed by atoms with E-state index in [0.29, 0.717) is 34.1 Å². The van der Waals surface area contributed by atoms with Gasteiger partial charge in [-0.1, -0.05) is 18.2 Å². The molecule has 0 unspecified atom stereocenters. The Morgan fingerprint density at radius 3 is 2.34 bits per heavy atom. The molecule has 6 rings (SSSR count). The second-order valence-corrected chi connectivity index (χ2v) is 15.9. The summed E-state index contributed by atoms with van der Waals surface area (Å²) in [6, 6.07) is 13.4. The van der Waals surface area contributed by atoms with E-state index in [1.165, 1.54) is 0 Å². The second-order valence-electron chi connectivity index (χ2n) is 14.6. The van der Waals surface area contributed by atoms with Crippen LogP contribution in [0.5, 0.6) is 0 Å². The fourth-order valence-electron chi connectivity index (χ4n) is 6.67. The van der Waals surface area contributed by atoms with Gasteiger partial charge in [-0.3, -0.25) is 14.4 Å². The molecule has 2 aromatic carbocycles. The molecule has 0 bridgehead atoms. The molecular formula is C38H45IN2O9. The highest BCUT2D eigenvalue weighted by Crippen LogP contribution is 2.59. The summed E-state index contributed by atoms with van der Waals surface area (Å²) in [7, 11) is 0. The molecule has 1 heterocycles. The maximum absolute atomic E-state index is 13.6. The molecule has 4 aliphatic rings. The maximum Gasteiger partial charge on any atom is 0.338 e. The van der Waals surface area contributed by atoms with Gasteiger partial charge in [0.2, 0.25) is 5.91 Å². The summed E-state index contributed by atoms with van der Waals surface area (Å²) in [5.74, 6) is -1.70. The number of carbonyl (C=O) groups excluding carboxylic acids is 4. The van der Waals surface area contributed by atoms with Gasteiger partial charge in [0.25, 0.3) is 5.91 Å². The van der Waals surface area contributed by atoms with Crippen molar-refractivity contribution in [3.8, 4) is 0 Å². The third kappa shape index (κ3) is 8.93. The third-order valence-corrected chi connectivity index (χ3v) is 10.0. The van der Waals surface area contributed by atoms with E-state index >= 15 is 0 Å². The number of halogens is 1. The van der Waals surface area contributed by atoms with E-state index in [2.05, 4.69) is 33.2 Å². The van der Waals surface area contributed by atoms with Gasteiger partial charge in [-0.15, -0.1) is 0 Å². The van der Waals surface area contributed by atoms with E-state index in [9.17, 15) is 24.3 Å². The third-order valence-electron chi connectivity index (χ3n) is 9.34. The number of rotatable bonds is 13. The van der Waals surface area contributed by atoms with Crippen molar-refractivity contribution in [2.75, 3.05) is 6.61 Å². The van der Waals surface area contributed by atoms with Crippen LogP contribution in [0.2, 0.25) is 0 Å². The molecule has 2 amide bonds. The van der Waals surface area contributed by atoms with Crippen molar-refractivity contribution in [1.29, 1.82) is 0 Å². The zero-order valence-corrected chi connectivity index (χ0v) is 30.8. The number of fused-ring (bicyclic) bond motifs is 1. The quantitative estimate of drug-likeness (QED) is 0.189. The molecule has 50 heavy (non-hydrogen) atoms. The lowest BCUT2D eigenvalue weighted by molar-refractivity contribution is -0.209. The van der Waals surface area contributed by atoms with E-state index in [1.807, 2.05) is 12.1 Å². The summed E-state index contributed by atoms with van der Waals surface area (Å²) in [4.78, 5) is 52.0. The zero-order valence-electron chi connectivity index (χ0n) is 28.6. The molecule has 3 N–H and O–H groups in total. The summed E-state index contributed by atoms with van der Waals surface area (Å²) in [6.45, 7) is 5.15. The first kappa shape index (κ1) is 36.5. The number of benzene rings is 2. The predicted octanol–water partition coefficient (Wildman–Crippen LogP) is 4.98. The molecule has 2 saturated carbocycles. The molecule has 0 spiro atoms. The number of carbonyl (C=O) groups is 4. The highest BCUT2D eigenvalue weighted by atomic mass is 127. The van der Waals surface area contributed by atoms with Gasteiger partial charge in [0.15, 0.2) is 5.79 Å². The molecule has 3 aliphatic carbocycles. The normalized spacial score (nSPS) is 23.2. The highest BCUT2D eigenvalue weighted by molar-refractivity contribution is 14.1. The van der Waals surface area contributed by atoms with E-state index in [4.69, 9.17) is 18.9 Å². The largest absolute Gasteiger partial charge is 0.460 e. The molecule has 2 aromatic rings. The van der Waals surface area contributed by atoms with Gasteiger partial charge in [0.1, 0.15) is 23.9 Å². The molecule has 1 aliphatic heterocycles. The number of ether oxygens (including phenoxy) is 4. The Labute approximate surface area is 306 Å². The van der Waals surface area contributed by atoms with Gasteiger partial charge in [-0.2, -0.15) is 0 Å². The molecule has 11 nitrogen and oxygen atoms in total. The van der Waals surface area contributed by atoms with Crippen molar-refractivity contribution in [2.45, 2.75) is 108 Å². The first-order valence-corrected chi connectivity index (χ1v) is 18.4. The molecule has 0 aromatic heterocycles. The molecule has 3 fully saturated rings. The van der Waals surface area contributed by atoms with Crippen LogP contribution >= 0.6 is 22.6 Å². The lowest BCUT2D eigenvalue weighted by Gasteiger charge is -2.31. The van der Waals surface area contributed by atoms with Gasteiger partial charge >= 0.3 is 11.9 Å². The monoisotopic (exact) mass is 800 g/mol. The molecule has 268 valence electrons. The minimum atomic E-state index is -0.711. The lowest BCUT2D eigenvalue weighted by Crippen LogP contribution is -2.44. The van der Waals surface area contributed by atoms with Crippen LogP contribution < -0.4 is 10.6 Å². The predicted molar refractivity (Wildman–Crippen MR) is 191 cm³/mol. The van der Waals surface area contributed by atoms with Gasteiger partial charge in [-0.05, 0) is 117 Å². The fourth-order valence-corrected chi connectivity index (χ4v) is 7.21. The van der Waals surface area contributed by atoms with Crippen molar-refractivity contribution in [3.63, 3.8) is 0 Å². The fraction of sp³-hybridized carbons (Fsp3) is 0.526. The Balaban J connectivity index is 1.10. The summed E-state index contributed by atoms with van der Waals surface area (Å²) < 4.78 is 25.6. The Kier molecular flexibility index (Phi) is 11.0. The minimum Gasteiger partial charge on any atom is -0.460 e. The zero-order chi connectivity index (χ0) is 35.6. The molecule has 12 heteroatoms. The van der Waals surface area contributed by atoms with Crippen LogP contribution in [-0.4, -0.2) is 71.2 Å². The van der Waals surface area contributed by atoms with E-state index < -0.39 is 53.6 Å². The molecule has 4 atom stereocenters. The number of hydrogen-bond donors (Lipinski definition) is 3. The van der Waals surface area contributed by atoms with Crippen LogP contribution in [0.4, 0.5) is 0 Å². The number of esters is 2. The molecule has 1 saturated heterocycles. The van der Waals surface area contributed by atoms with Crippen LogP contribution in [0.15, 0.2) is 60.2 Å². The topological polar surface area (TPSA) is 149 Å². The first-order valence-electron chi connectivity index (χ1n) is 17.4. The lowest BCUT2D eigenvalue weighted by atomic mass is 9.91. The number of aliphatic hydroxyl groups is 1. The Morgan fingerprint density at radius 2 is 1.68 bits per heavy atom. The minimum absolute atomic E-state index is 0.0529. The summed E-state index contributed by atoms with van der Waals surface area (Å²) >= 11 is 2.15. The van der Waals surface area contributed by atoms with Crippen molar-refractivity contribution < 1.29 is 43.2 Å². The average Bonchev–Trinajstić information content (AvgIpc) is 4.02. The summed E-state index contributed by atoms with van der Waals surface area (Å²) in [5, 5.41) is 15.5. The summed E-state index contributed by atoms with van der Waals surface area (Å²) in [5.41, 5.74) is 1.30. The van der Waals surface area contributed by atoms with Crippen molar-refractivity contribution in [2.24, 2.45) is 11.8 Å². The molecular weight excluding hydrogens is 755 g/mol. The number of nitrogens with one attached hydrogen (secondary N) is 2. The first-order chi connectivity index (χ1) is 23.8. The smallest absolute Gasteiger partial charge is 0.338 e. The van der Waals surface area contributed by atoms with Gasteiger partial charge < -0.3 is 34.7 Å². The van der Waals surface area contributed by atoms with Crippen molar-refractivity contribution >= 4 is 46.3 Å². The average molecular weight is 801 g/mol. The van der Waals surface area contributed by atoms with E-state index in [-0.39, 0.29) is 38.3 Å². The Hall–Kier alpha value is -3.33. The number of amides is 2. The Bertz CT molecular complexity index is 1630. The van der Waals surface area contributed by atoms with Crippen LogP contribution in [0.25, 0.3) is 0 Å². The van der Waals surface area contributed by atoms with Crippen molar-refractivity contribution in [1.82, 2.24) is 10.6 Å². The van der Waals surface area contributed by atoms with Crippen LogP contribution in [0, 0.1) is 15.4 Å². The van der Waals surface area contributed by atoms with Crippen molar-refractivity contribution in [3.05, 3.63) is 80.4 Å². The van der Waals surface area contributed by atoms with Crippen LogP contribution in [0.3, 0.4) is 0 Å². The highest BCUT2D eigenvalue weighted by Gasteiger charge is 2.64. The van der Waals surface area contributed by atoms with Crippen LogP contribution in [-0.2, 0) is 35.1 Å². The Morgan fingerprint density at radius 1 is 0.980 bits per heavy atom. The van der Waals surface area contributed by atoms with Crippen LogP contribution in [0.1, 0.15) is 92.0 Å². The standard InChI is InChI=1S/C38H45IN2O9/c1-37(2,3)49-32(43)15-14-29(21-42)41-35(45)23-7-4-6-22(16-23)20-40-34(44)25-18-30(47-36(46)24-8-5-9-28(39)17-24)33-31(19-25)48-38(50-33,26-10-11-26)27-12-13-27/h4-9,16-17,19,26-27,29-31,33,42H,10-15,18,20-21H2,1-3H3,(H,40,44)(H,41,45)/t29-,30+,31+,33-/m0/s1. The molecule has 0 radical (unpaired) electrons. The number of aliphatic hydroxyl groups excluding tert-OH is 1. The van der Waals surface area contributed by atoms with E-state index in [0.717, 1.165) is 29.3 Å². The van der Waals surface area contributed by atoms with Gasteiger partial charge in [-0.25, -0.2) is 4.79 Å². The maximum atomic E-state index is 13.6.